The van der Waals surface area contributed by atoms with Gasteiger partial charge in [0.05, 0.1) is 0 Å². The predicted molar refractivity (Wildman–Crippen MR) is 103 cm³/mol. The molecule has 0 bridgehead atoms. The lowest BCUT2D eigenvalue weighted by Crippen LogP contribution is -2.30. The number of halogens is 1. The predicted octanol–water partition coefficient (Wildman–Crippen LogP) is 3.26. The van der Waals surface area contributed by atoms with Crippen LogP contribution in [0.4, 0.5) is 27.4 Å². The third-order valence-corrected chi connectivity index (χ3v) is 3.91. The fourth-order valence-corrected chi connectivity index (χ4v) is 2.34. The van der Waals surface area contributed by atoms with Crippen molar-refractivity contribution in [2.75, 3.05) is 16.5 Å². The first-order valence-corrected chi connectivity index (χ1v) is 8.35. The zero-order valence-corrected chi connectivity index (χ0v) is 14.7. The number of nitrogen functional groups attached to an aromatic ring is 1. The zero-order valence-electron chi connectivity index (χ0n) is 14.7. The maximum absolute atomic E-state index is 12.9. The van der Waals surface area contributed by atoms with Crippen molar-refractivity contribution in [3.8, 4) is 0 Å². The molecule has 0 saturated carbocycles. The summed E-state index contributed by atoms with van der Waals surface area (Å²) in [5, 5.41) is 3.12. The van der Waals surface area contributed by atoms with Gasteiger partial charge in [0.15, 0.2) is 11.6 Å². The van der Waals surface area contributed by atoms with Gasteiger partial charge in [-0.05, 0) is 48.4 Å². The molecule has 0 saturated heterocycles. The highest BCUT2D eigenvalue weighted by Gasteiger charge is 2.10. The molecular weight excluding hydrogens is 347 g/mol. The van der Waals surface area contributed by atoms with Crippen molar-refractivity contribution in [3.63, 3.8) is 0 Å². The molecule has 1 amide bonds. The van der Waals surface area contributed by atoms with Crippen molar-refractivity contribution in [1.82, 2.24) is 15.4 Å². The average molecular weight is 366 g/mol. The molecule has 8 heteroatoms. The molecule has 0 unspecified atom stereocenters. The van der Waals surface area contributed by atoms with Crippen molar-refractivity contribution in [1.29, 1.82) is 0 Å². The number of aryl methyl sites for hydroxylation is 1. The number of nitrogens with zero attached hydrogens (tertiary/aromatic N) is 2. The van der Waals surface area contributed by atoms with Crippen molar-refractivity contribution >= 4 is 28.9 Å². The minimum Gasteiger partial charge on any atom is -0.393 e. The Morgan fingerprint density at radius 2 is 1.70 bits per heavy atom. The first-order chi connectivity index (χ1) is 13.1. The summed E-state index contributed by atoms with van der Waals surface area (Å²) in [5.74, 6) is -0.208. The van der Waals surface area contributed by atoms with Gasteiger partial charge in [-0.3, -0.25) is 15.6 Å². The summed E-state index contributed by atoms with van der Waals surface area (Å²) >= 11 is 0. The molecule has 2 aromatic carbocycles. The number of hydrogen-bond donors (Lipinski definition) is 4. The fraction of sp³-hybridized carbons (Fsp3) is 0.105. The zero-order chi connectivity index (χ0) is 19.2. The Balaban J connectivity index is 1.68. The van der Waals surface area contributed by atoms with Crippen LogP contribution in [0.5, 0.6) is 0 Å². The van der Waals surface area contributed by atoms with Crippen LogP contribution in [-0.4, -0.2) is 15.9 Å². The molecule has 0 aliphatic carbocycles. The van der Waals surface area contributed by atoms with Gasteiger partial charge in [0.2, 0.25) is 0 Å². The van der Waals surface area contributed by atoms with Gasteiger partial charge in [-0.15, -0.1) is 0 Å². The number of anilines is 4. The Hall–Kier alpha value is -3.68. The van der Waals surface area contributed by atoms with Crippen LogP contribution in [0, 0.1) is 5.82 Å². The van der Waals surface area contributed by atoms with E-state index in [1.54, 1.807) is 0 Å². The van der Waals surface area contributed by atoms with Crippen molar-refractivity contribution in [3.05, 3.63) is 71.8 Å². The van der Waals surface area contributed by atoms with Crippen LogP contribution < -0.4 is 21.9 Å². The largest absolute Gasteiger partial charge is 0.393 e. The first-order valence-electron chi connectivity index (χ1n) is 8.35. The molecule has 0 atom stereocenters. The minimum absolute atomic E-state index is 0.244. The topological polar surface area (TPSA) is 105 Å². The molecule has 0 fully saturated rings. The summed E-state index contributed by atoms with van der Waals surface area (Å²) in [4.78, 5) is 20.2. The maximum atomic E-state index is 12.9. The van der Waals surface area contributed by atoms with Gasteiger partial charge < -0.3 is 11.1 Å². The quantitative estimate of drug-likeness (QED) is 0.499. The molecule has 3 rings (SSSR count). The summed E-state index contributed by atoms with van der Waals surface area (Å²) in [6, 6.07) is 13.1. The van der Waals surface area contributed by atoms with Crippen LogP contribution in [0.15, 0.2) is 54.9 Å². The SMILES string of the molecule is CCc1ccc(Nc2ncnc(NNC(=O)c3ccc(F)cc3)c2N)cc1. The van der Waals surface area contributed by atoms with Gasteiger partial charge in [0, 0.05) is 11.3 Å². The second-order valence-corrected chi connectivity index (χ2v) is 5.75. The smallest absolute Gasteiger partial charge is 0.269 e. The van der Waals surface area contributed by atoms with Crippen LogP contribution >= 0.6 is 0 Å². The van der Waals surface area contributed by atoms with E-state index in [1.807, 2.05) is 24.3 Å². The standard InChI is InChI=1S/C19H19FN6O/c1-2-12-3-9-15(10-4-12)24-17-16(21)18(23-11-22-17)25-26-19(27)13-5-7-14(20)8-6-13/h3-11H,2,21H2,1H3,(H,26,27)(H2,22,23,24,25). The third kappa shape index (κ3) is 4.49. The number of carbonyl (C=O) groups is 1. The highest BCUT2D eigenvalue weighted by molar-refractivity contribution is 5.95. The number of hydrazine groups is 1. The molecule has 138 valence electrons. The maximum Gasteiger partial charge on any atom is 0.269 e. The lowest BCUT2D eigenvalue weighted by molar-refractivity contribution is 0.0962. The van der Waals surface area contributed by atoms with Gasteiger partial charge in [0.1, 0.15) is 17.8 Å². The average Bonchev–Trinajstić information content (AvgIpc) is 2.69. The van der Waals surface area contributed by atoms with E-state index in [2.05, 4.69) is 33.1 Å². The van der Waals surface area contributed by atoms with E-state index in [0.717, 1.165) is 12.1 Å². The molecule has 1 aromatic heterocycles. The van der Waals surface area contributed by atoms with Gasteiger partial charge in [0.25, 0.3) is 5.91 Å². The van der Waals surface area contributed by atoms with E-state index in [0.29, 0.717) is 11.4 Å². The van der Waals surface area contributed by atoms with Gasteiger partial charge >= 0.3 is 0 Å². The summed E-state index contributed by atoms with van der Waals surface area (Å²) < 4.78 is 12.9. The number of nitrogens with one attached hydrogen (secondary N) is 3. The highest BCUT2D eigenvalue weighted by atomic mass is 19.1. The van der Waals surface area contributed by atoms with Crippen molar-refractivity contribution in [2.24, 2.45) is 0 Å². The van der Waals surface area contributed by atoms with E-state index in [-0.39, 0.29) is 11.5 Å². The lowest BCUT2D eigenvalue weighted by atomic mass is 10.1. The molecule has 0 spiro atoms. The van der Waals surface area contributed by atoms with E-state index in [9.17, 15) is 9.18 Å². The molecule has 27 heavy (non-hydrogen) atoms. The molecule has 1 heterocycles. The lowest BCUT2D eigenvalue weighted by Gasteiger charge is -2.13. The monoisotopic (exact) mass is 366 g/mol. The summed E-state index contributed by atoms with van der Waals surface area (Å²) in [6.45, 7) is 2.09. The number of carbonyl (C=O) groups excluding carboxylic acids is 1. The van der Waals surface area contributed by atoms with Crippen LogP contribution in [-0.2, 0) is 6.42 Å². The van der Waals surface area contributed by atoms with Crippen molar-refractivity contribution < 1.29 is 9.18 Å². The van der Waals surface area contributed by atoms with Crippen LogP contribution in [0.3, 0.4) is 0 Å². The number of aromatic nitrogens is 2. The molecule has 0 aliphatic rings. The normalized spacial score (nSPS) is 10.3. The molecule has 7 nitrogen and oxygen atoms in total. The molecule has 3 aromatic rings. The highest BCUT2D eigenvalue weighted by Crippen LogP contribution is 2.25. The summed E-state index contributed by atoms with van der Waals surface area (Å²) in [5.41, 5.74) is 13.8. The van der Waals surface area contributed by atoms with Gasteiger partial charge in [-0.1, -0.05) is 19.1 Å². The number of rotatable bonds is 6. The number of hydrogen-bond acceptors (Lipinski definition) is 6. The Morgan fingerprint density at radius 1 is 1.04 bits per heavy atom. The fourth-order valence-electron chi connectivity index (χ4n) is 2.34. The number of nitrogens with two attached hydrogens (primary N) is 1. The molecule has 0 radical (unpaired) electrons. The van der Waals surface area contributed by atoms with E-state index in [4.69, 9.17) is 5.73 Å². The van der Waals surface area contributed by atoms with E-state index in [1.165, 1.54) is 36.2 Å². The summed E-state index contributed by atoms with van der Waals surface area (Å²) in [6.07, 6.45) is 2.28. The molecule has 5 N–H and O–H groups in total. The van der Waals surface area contributed by atoms with Gasteiger partial charge in [-0.2, -0.15) is 0 Å². The van der Waals surface area contributed by atoms with E-state index >= 15 is 0 Å². The second kappa shape index (κ2) is 8.13. The minimum atomic E-state index is -0.447. The molecular formula is C19H19FN6O. The van der Waals surface area contributed by atoms with E-state index < -0.39 is 11.7 Å². The first kappa shape index (κ1) is 18.1. The Kier molecular flexibility index (Phi) is 5.46. The third-order valence-electron chi connectivity index (χ3n) is 3.91. The Morgan fingerprint density at radius 3 is 2.37 bits per heavy atom. The van der Waals surface area contributed by atoms with Crippen LogP contribution in [0.1, 0.15) is 22.8 Å². The van der Waals surface area contributed by atoms with Crippen LogP contribution in [0.25, 0.3) is 0 Å². The second-order valence-electron chi connectivity index (χ2n) is 5.75. The van der Waals surface area contributed by atoms with Crippen molar-refractivity contribution in [2.45, 2.75) is 13.3 Å². The number of benzene rings is 2. The Bertz CT molecular complexity index is 928. The van der Waals surface area contributed by atoms with Gasteiger partial charge in [-0.25, -0.2) is 14.4 Å². The summed E-state index contributed by atoms with van der Waals surface area (Å²) in [7, 11) is 0. The number of amides is 1. The Labute approximate surface area is 155 Å². The molecule has 0 aliphatic heterocycles. The van der Waals surface area contributed by atoms with Crippen LogP contribution in [0.2, 0.25) is 0 Å².